The second kappa shape index (κ2) is 9.28. The van der Waals surface area contributed by atoms with Crippen LogP contribution in [0.2, 0.25) is 0 Å². The second-order valence-electron chi connectivity index (χ2n) is 12.0. The van der Waals surface area contributed by atoms with E-state index in [2.05, 4.69) is 30.6 Å². The van der Waals surface area contributed by atoms with Crippen LogP contribution in [-0.4, -0.2) is 35.9 Å². The molecule has 3 saturated carbocycles. The molecule has 0 bridgehead atoms. The quantitative estimate of drug-likeness (QED) is 0.593. The Kier molecular flexibility index (Phi) is 6.52. The van der Waals surface area contributed by atoms with Crippen molar-refractivity contribution in [2.45, 2.75) is 77.1 Å². The van der Waals surface area contributed by atoms with Crippen LogP contribution >= 0.6 is 0 Å². The first kappa shape index (κ1) is 26.0. The van der Waals surface area contributed by atoms with Crippen LogP contribution in [0.3, 0.4) is 0 Å². The summed E-state index contributed by atoms with van der Waals surface area (Å²) in [6, 6.07) is 6.96. The fourth-order valence-corrected chi connectivity index (χ4v) is 8.29. The summed E-state index contributed by atoms with van der Waals surface area (Å²) in [7, 11) is 0. The van der Waals surface area contributed by atoms with Gasteiger partial charge < -0.3 is 10.6 Å². The lowest BCUT2D eigenvalue weighted by atomic mass is 9.48. The molecular weight excluding hydrogens is 481 g/mol. The lowest BCUT2D eigenvalue weighted by Crippen LogP contribution is -2.59. The van der Waals surface area contributed by atoms with Crippen molar-refractivity contribution in [1.82, 2.24) is 10.6 Å². The van der Waals surface area contributed by atoms with Gasteiger partial charge in [0.1, 0.15) is 6.04 Å². The van der Waals surface area contributed by atoms with Crippen molar-refractivity contribution in [2.24, 2.45) is 34.5 Å². The molecule has 3 aliphatic carbocycles. The Balaban J connectivity index is 1.34. The number of carbonyl (C=O) groups is 3. The standard InChI is InChI=1S/C29H35F3N2O3/c1-27-14-12-20-18(8-11-23-28(20,2)15-13-24(35)34-23)19(27)9-10-21(27)26(37)33-22(25(36)29(30,31)32)16-17-6-4-3-5-7-17/h3-7,13,15,18-23H,8-12,14,16H2,1-2H3,(H,33,37)(H,34,35)/t18-,19-,20-,21+,22?,23+,27-,28+/m0/s1. The maximum Gasteiger partial charge on any atom is 0.452 e. The largest absolute Gasteiger partial charge is 0.452 e. The fraction of sp³-hybridized carbons (Fsp3) is 0.621. The number of Topliss-reactive ketones (excluding diaryl/α,β-unsaturated/α-hetero) is 1. The van der Waals surface area contributed by atoms with Crippen LogP contribution in [0.5, 0.6) is 0 Å². The topological polar surface area (TPSA) is 75.3 Å². The van der Waals surface area contributed by atoms with E-state index in [1.807, 2.05) is 0 Å². The van der Waals surface area contributed by atoms with Gasteiger partial charge in [-0.05, 0) is 73.3 Å². The van der Waals surface area contributed by atoms with Gasteiger partial charge in [0.2, 0.25) is 11.8 Å². The Morgan fingerprint density at radius 2 is 1.78 bits per heavy atom. The number of fused-ring (bicyclic) bond motifs is 5. The van der Waals surface area contributed by atoms with E-state index in [4.69, 9.17) is 0 Å². The monoisotopic (exact) mass is 516 g/mol. The van der Waals surface area contributed by atoms with Crippen LogP contribution in [0.25, 0.3) is 0 Å². The number of carbonyl (C=O) groups excluding carboxylic acids is 3. The fourth-order valence-electron chi connectivity index (χ4n) is 8.29. The van der Waals surface area contributed by atoms with Gasteiger partial charge in [-0.15, -0.1) is 0 Å². The van der Waals surface area contributed by atoms with Crippen LogP contribution in [0, 0.1) is 34.5 Å². The maximum absolute atomic E-state index is 13.5. The molecule has 1 aromatic carbocycles. The molecule has 8 heteroatoms. The van der Waals surface area contributed by atoms with Crippen LogP contribution in [-0.2, 0) is 20.8 Å². The predicted octanol–water partition coefficient (Wildman–Crippen LogP) is 4.76. The number of alkyl halides is 3. The molecule has 1 heterocycles. The van der Waals surface area contributed by atoms with Gasteiger partial charge in [0.25, 0.3) is 5.78 Å². The van der Waals surface area contributed by atoms with Crippen molar-refractivity contribution < 1.29 is 27.6 Å². The molecule has 4 aliphatic rings. The number of amides is 2. The predicted molar refractivity (Wildman–Crippen MR) is 132 cm³/mol. The van der Waals surface area contributed by atoms with Gasteiger partial charge in [0.05, 0.1) is 0 Å². The minimum absolute atomic E-state index is 0.0439. The van der Waals surface area contributed by atoms with E-state index in [1.54, 1.807) is 36.4 Å². The third kappa shape index (κ3) is 4.50. The van der Waals surface area contributed by atoms with E-state index >= 15 is 0 Å². The highest BCUT2D eigenvalue weighted by Gasteiger charge is 2.61. The van der Waals surface area contributed by atoms with E-state index in [9.17, 15) is 27.6 Å². The zero-order valence-electron chi connectivity index (χ0n) is 21.3. The Labute approximate surface area is 215 Å². The third-order valence-corrected chi connectivity index (χ3v) is 10.2. The Morgan fingerprint density at radius 3 is 2.49 bits per heavy atom. The van der Waals surface area contributed by atoms with Crippen LogP contribution in [0.15, 0.2) is 42.5 Å². The first-order chi connectivity index (χ1) is 17.4. The average Bonchev–Trinajstić information content (AvgIpc) is 3.21. The second-order valence-corrected chi connectivity index (χ2v) is 12.0. The summed E-state index contributed by atoms with van der Waals surface area (Å²) in [6.07, 6.45) is 3.52. The lowest BCUT2D eigenvalue weighted by molar-refractivity contribution is -0.174. The van der Waals surface area contributed by atoms with E-state index in [-0.39, 0.29) is 35.1 Å². The molecule has 2 N–H and O–H groups in total. The smallest absolute Gasteiger partial charge is 0.349 e. The van der Waals surface area contributed by atoms with Gasteiger partial charge in [-0.2, -0.15) is 13.2 Å². The van der Waals surface area contributed by atoms with Crippen molar-refractivity contribution in [1.29, 1.82) is 0 Å². The molecular formula is C29H35F3N2O3. The minimum atomic E-state index is -5.02. The third-order valence-electron chi connectivity index (χ3n) is 10.2. The summed E-state index contributed by atoms with van der Waals surface area (Å²) in [5.74, 6) is -1.74. The van der Waals surface area contributed by atoms with Crippen molar-refractivity contribution >= 4 is 17.6 Å². The molecule has 1 aromatic rings. The molecule has 0 saturated heterocycles. The molecule has 2 amide bonds. The Morgan fingerprint density at radius 1 is 1.05 bits per heavy atom. The maximum atomic E-state index is 13.5. The van der Waals surface area contributed by atoms with Gasteiger partial charge >= 0.3 is 6.18 Å². The molecule has 0 spiro atoms. The highest BCUT2D eigenvalue weighted by molar-refractivity contribution is 5.93. The van der Waals surface area contributed by atoms with Crippen LogP contribution < -0.4 is 10.6 Å². The van der Waals surface area contributed by atoms with E-state index in [0.29, 0.717) is 23.8 Å². The molecule has 0 aromatic heterocycles. The number of halogens is 3. The zero-order valence-corrected chi connectivity index (χ0v) is 21.3. The number of benzene rings is 1. The van der Waals surface area contributed by atoms with E-state index in [1.165, 1.54) is 0 Å². The highest BCUT2D eigenvalue weighted by atomic mass is 19.4. The first-order valence-corrected chi connectivity index (χ1v) is 13.4. The summed E-state index contributed by atoms with van der Waals surface area (Å²) >= 11 is 0. The molecule has 5 rings (SSSR count). The van der Waals surface area contributed by atoms with Crippen molar-refractivity contribution in [2.75, 3.05) is 0 Å². The molecule has 5 nitrogen and oxygen atoms in total. The minimum Gasteiger partial charge on any atom is -0.349 e. The van der Waals surface area contributed by atoms with Gasteiger partial charge in [0.15, 0.2) is 0 Å². The molecule has 0 radical (unpaired) electrons. The van der Waals surface area contributed by atoms with Crippen molar-refractivity contribution in [3.63, 3.8) is 0 Å². The van der Waals surface area contributed by atoms with Gasteiger partial charge in [-0.1, -0.05) is 50.3 Å². The average molecular weight is 517 g/mol. The summed E-state index contributed by atoms with van der Waals surface area (Å²) in [4.78, 5) is 37.8. The van der Waals surface area contributed by atoms with Gasteiger partial charge in [-0.25, -0.2) is 0 Å². The summed E-state index contributed by atoms with van der Waals surface area (Å²) in [6.45, 7) is 4.35. The molecule has 37 heavy (non-hydrogen) atoms. The number of rotatable bonds is 5. The Hall–Kier alpha value is -2.64. The molecule has 200 valence electrons. The van der Waals surface area contributed by atoms with Crippen LogP contribution in [0.1, 0.15) is 57.9 Å². The molecule has 1 aliphatic heterocycles. The molecule has 8 atom stereocenters. The van der Waals surface area contributed by atoms with E-state index in [0.717, 1.165) is 32.1 Å². The summed E-state index contributed by atoms with van der Waals surface area (Å²) in [5, 5.41) is 5.67. The van der Waals surface area contributed by atoms with Crippen molar-refractivity contribution in [3.05, 3.63) is 48.0 Å². The van der Waals surface area contributed by atoms with Crippen LogP contribution in [0.4, 0.5) is 13.2 Å². The van der Waals surface area contributed by atoms with Gasteiger partial charge in [-0.3, -0.25) is 14.4 Å². The van der Waals surface area contributed by atoms with E-state index < -0.39 is 29.8 Å². The summed E-state index contributed by atoms with van der Waals surface area (Å²) < 4.78 is 40.3. The number of hydrogen-bond acceptors (Lipinski definition) is 3. The summed E-state index contributed by atoms with van der Waals surface area (Å²) in [5.41, 5.74) is 0.117. The first-order valence-electron chi connectivity index (χ1n) is 13.4. The molecule has 1 unspecified atom stereocenters. The highest BCUT2D eigenvalue weighted by Crippen LogP contribution is 2.65. The van der Waals surface area contributed by atoms with Crippen molar-refractivity contribution in [3.8, 4) is 0 Å². The van der Waals surface area contributed by atoms with Gasteiger partial charge in [0, 0.05) is 23.8 Å². The number of hydrogen-bond donors (Lipinski definition) is 2. The Bertz CT molecular complexity index is 1100. The zero-order chi connectivity index (χ0) is 26.6. The number of ketones is 1. The normalized spacial score (nSPS) is 37.5. The lowest BCUT2D eigenvalue weighted by Gasteiger charge is -2.58. The number of nitrogens with one attached hydrogen (secondary N) is 2. The SMILES string of the molecule is C[C@]12C=CC(=O)N[C@@H]1CC[C@@H]1[C@@H]2CC[C@]2(C)[C@@H](C(=O)NC(Cc3ccccc3)C(=O)C(F)(F)F)CC[C@@H]12. The molecule has 3 fully saturated rings.